The molecule has 13 heavy (non-hydrogen) atoms. The zero-order valence-electron chi connectivity index (χ0n) is 7.79. The van der Waals surface area contributed by atoms with Gasteiger partial charge in [-0.05, 0) is 18.8 Å². The van der Waals surface area contributed by atoms with Crippen molar-refractivity contribution < 1.29 is 9.00 Å². The highest BCUT2D eigenvalue weighted by atomic mass is 32.2. The van der Waals surface area contributed by atoms with Crippen molar-refractivity contribution >= 4 is 16.7 Å². The van der Waals surface area contributed by atoms with Crippen molar-refractivity contribution in [2.75, 3.05) is 11.5 Å². The van der Waals surface area contributed by atoms with Crippen molar-refractivity contribution in [1.82, 2.24) is 5.32 Å². The Hall–Kier alpha value is -0.380. The Morgan fingerprint density at radius 2 is 2.23 bits per heavy atom. The van der Waals surface area contributed by atoms with E-state index in [1.165, 1.54) is 0 Å². The van der Waals surface area contributed by atoms with E-state index in [0.717, 1.165) is 18.6 Å². The van der Waals surface area contributed by atoms with E-state index in [2.05, 4.69) is 12.2 Å². The van der Waals surface area contributed by atoms with Gasteiger partial charge in [-0.2, -0.15) is 0 Å². The molecule has 2 unspecified atom stereocenters. The van der Waals surface area contributed by atoms with Gasteiger partial charge in [0.25, 0.3) is 0 Å². The van der Waals surface area contributed by atoms with Crippen molar-refractivity contribution in [3.05, 3.63) is 0 Å². The van der Waals surface area contributed by atoms with E-state index < -0.39 is 10.8 Å². The van der Waals surface area contributed by atoms with Gasteiger partial charge in [0, 0.05) is 34.3 Å². The molecule has 2 rings (SSSR count). The molecule has 1 saturated heterocycles. The monoisotopic (exact) mass is 201 g/mol. The Bertz CT molecular complexity index is 254. The molecule has 1 aliphatic carbocycles. The van der Waals surface area contributed by atoms with Crippen LogP contribution >= 0.6 is 0 Å². The summed E-state index contributed by atoms with van der Waals surface area (Å²) in [5.41, 5.74) is 0. The molecule has 1 aliphatic heterocycles. The minimum Gasteiger partial charge on any atom is -0.352 e. The number of carbonyl (C=O) groups excluding carboxylic acids is 1. The van der Waals surface area contributed by atoms with Gasteiger partial charge in [0.15, 0.2) is 0 Å². The van der Waals surface area contributed by atoms with Crippen LogP contribution in [0.15, 0.2) is 0 Å². The van der Waals surface area contributed by atoms with Crippen LogP contribution in [0.1, 0.15) is 19.8 Å². The minimum atomic E-state index is -0.686. The van der Waals surface area contributed by atoms with E-state index in [1.807, 2.05) is 0 Å². The van der Waals surface area contributed by atoms with E-state index in [4.69, 9.17) is 0 Å². The molecule has 74 valence electrons. The Kier molecular flexibility index (Phi) is 2.41. The van der Waals surface area contributed by atoms with Gasteiger partial charge in [0.2, 0.25) is 5.91 Å². The minimum absolute atomic E-state index is 0.177. The lowest BCUT2D eigenvalue weighted by atomic mass is 10.2. The van der Waals surface area contributed by atoms with Crippen LogP contribution in [-0.2, 0) is 15.6 Å². The maximum Gasteiger partial charge on any atom is 0.223 e. The number of amides is 1. The zero-order chi connectivity index (χ0) is 9.42. The van der Waals surface area contributed by atoms with E-state index in [1.54, 1.807) is 0 Å². The Morgan fingerprint density at radius 3 is 2.69 bits per heavy atom. The van der Waals surface area contributed by atoms with Crippen LogP contribution in [0, 0.1) is 11.8 Å². The van der Waals surface area contributed by atoms with Gasteiger partial charge in [-0.15, -0.1) is 0 Å². The van der Waals surface area contributed by atoms with Crippen LogP contribution in [0.3, 0.4) is 0 Å². The lowest BCUT2D eigenvalue weighted by molar-refractivity contribution is -0.123. The molecule has 0 aromatic rings. The lowest BCUT2D eigenvalue weighted by Gasteiger charge is -2.09. The van der Waals surface area contributed by atoms with Crippen molar-refractivity contribution in [3.8, 4) is 0 Å². The van der Waals surface area contributed by atoms with Gasteiger partial charge in [0.1, 0.15) is 0 Å². The summed E-state index contributed by atoms with van der Waals surface area (Å²) in [4.78, 5) is 11.5. The lowest BCUT2D eigenvalue weighted by Crippen LogP contribution is -2.36. The largest absolute Gasteiger partial charge is 0.352 e. The third-order valence-corrected chi connectivity index (χ3v) is 4.34. The number of rotatable bonds is 2. The van der Waals surface area contributed by atoms with Crippen LogP contribution in [0.25, 0.3) is 0 Å². The van der Waals surface area contributed by atoms with Gasteiger partial charge in [-0.25, -0.2) is 0 Å². The second-order valence-corrected chi connectivity index (χ2v) is 5.75. The maximum atomic E-state index is 11.5. The molecule has 1 N–H and O–H groups in total. The van der Waals surface area contributed by atoms with Gasteiger partial charge in [0.05, 0.1) is 0 Å². The van der Waals surface area contributed by atoms with Crippen molar-refractivity contribution in [2.45, 2.75) is 25.8 Å². The second kappa shape index (κ2) is 3.40. The SMILES string of the molecule is C[C@@H]1C[C@H]1C(=O)NC1CCS(=O)C1. The molecular formula is C9H15NO2S. The van der Waals surface area contributed by atoms with E-state index in [0.29, 0.717) is 11.7 Å². The molecule has 1 amide bonds. The van der Waals surface area contributed by atoms with Crippen molar-refractivity contribution in [3.63, 3.8) is 0 Å². The molecule has 4 atom stereocenters. The predicted octanol–water partition coefficient (Wildman–Crippen LogP) is 0.280. The van der Waals surface area contributed by atoms with Crippen molar-refractivity contribution in [2.24, 2.45) is 11.8 Å². The van der Waals surface area contributed by atoms with E-state index in [-0.39, 0.29) is 17.9 Å². The molecule has 0 radical (unpaired) electrons. The summed E-state index contributed by atoms with van der Waals surface area (Å²) in [7, 11) is -0.686. The predicted molar refractivity (Wildman–Crippen MR) is 51.7 cm³/mol. The molecule has 0 aromatic heterocycles. The summed E-state index contributed by atoms with van der Waals surface area (Å²) in [6.07, 6.45) is 1.92. The quantitative estimate of drug-likeness (QED) is 0.697. The Labute approximate surface area is 80.7 Å². The number of hydrogen-bond donors (Lipinski definition) is 1. The standard InChI is InChI=1S/C9H15NO2S/c1-6-4-8(6)9(11)10-7-2-3-13(12)5-7/h6-8H,2-5H2,1H3,(H,10,11)/t6-,7?,8-,13?/m1/s1. The van der Waals surface area contributed by atoms with Crippen LogP contribution in [0.5, 0.6) is 0 Å². The smallest absolute Gasteiger partial charge is 0.223 e. The molecule has 2 fully saturated rings. The number of hydrogen-bond acceptors (Lipinski definition) is 2. The maximum absolute atomic E-state index is 11.5. The highest BCUT2D eigenvalue weighted by Crippen LogP contribution is 2.37. The van der Waals surface area contributed by atoms with E-state index in [9.17, 15) is 9.00 Å². The summed E-state index contributed by atoms with van der Waals surface area (Å²) < 4.78 is 11.0. The van der Waals surface area contributed by atoms with Gasteiger partial charge in [-0.1, -0.05) is 6.92 Å². The Morgan fingerprint density at radius 1 is 1.54 bits per heavy atom. The fourth-order valence-corrected chi connectivity index (χ4v) is 3.19. The van der Waals surface area contributed by atoms with Gasteiger partial charge in [-0.3, -0.25) is 9.00 Å². The van der Waals surface area contributed by atoms with Gasteiger partial charge >= 0.3 is 0 Å². The van der Waals surface area contributed by atoms with Crippen LogP contribution < -0.4 is 5.32 Å². The third kappa shape index (κ3) is 2.10. The molecule has 2 aliphatic rings. The second-order valence-electron chi connectivity index (χ2n) is 4.12. The fourth-order valence-electron chi connectivity index (χ4n) is 1.77. The van der Waals surface area contributed by atoms with Crippen LogP contribution in [-0.4, -0.2) is 27.7 Å². The first-order chi connectivity index (χ1) is 6.16. The molecule has 4 heteroatoms. The normalized spacial score (nSPS) is 43.2. The summed E-state index contributed by atoms with van der Waals surface area (Å²) in [6, 6.07) is 0.182. The molecule has 1 saturated carbocycles. The molecule has 1 heterocycles. The van der Waals surface area contributed by atoms with E-state index >= 15 is 0 Å². The third-order valence-electron chi connectivity index (χ3n) is 2.87. The fraction of sp³-hybridized carbons (Fsp3) is 0.889. The van der Waals surface area contributed by atoms with Crippen LogP contribution in [0.4, 0.5) is 0 Å². The van der Waals surface area contributed by atoms with Crippen molar-refractivity contribution in [1.29, 1.82) is 0 Å². The summed E-state index contributed by atoms with van der Waals surface area (Å²) in [6.45, 7) is 2.09. The number of nitrogens with one attached hydrogen (secondary N) is 1. The topological polar surface area (TPSA) is 46.2 Å². The first-order valence-corrected chi connectivity index (χ1v) is 6.31. The van der Waals surface area contributed by atoms with Gasteiger partial charge < -0.3 is 5.32 Å². The first kappa shape index (κ1) is 9.19. The number of carbonyl (C=O) groups is 1. The molecule has 0 bridgehead atoms. The zero-order valence-corrected chi connectivity index (χ0v) is 8.60. The summed E-state index contributed by atoms with van der Waals surface area (Å²) in [5.74, 6) is 2.40. The average Bonchev–Trinajstić information content (AvgIpc) is 2.66. The molecule has 0 spiro atoms. The molecular weight excluding hydrogens is 186 g/mol. The molecule has 0 aromatic carbocycles. The Balaban J connectivity index is 1.78. The average molecular weight is 201 g/mol. The highest BCUT2D eigenvalue weighted by Gasteiger charge is 2.40. The summed E-state index contributed by atoms with van der Waals surface area (Å²) >= 11 is 0. The summed E-state index contributed by atoms with van der Waals surface area (Å²) in [5, 5.41) is 2.97. The van der Waals surface area contributed by atoms with Crippen LogP contribution in [0.2, 0.25) is 0 Å². The molecule has 3 nitrogen and oxygen atoms in total. The highest BCUT2D eigenvalue weighted by molar-refractivity contribution is 7.85. The first-order valence-electron chi connectivity index (χ1n) is 4.82.